The Labute approximate surface area is 138 Å². The summed E-state index contributed by atoms with van der Waals surface area (Å²) in [5.74, 6) is -0.616. The van der Waals surface area contributed by atoms with Crippen molar-refractivity contribution in [2.45, 2.75) is 57.9 Å². The van der Waals surface area contributed by atoms with Crippen LogP contribution in [0.1, 0.15) is 51.9 Å². The van der Waals surface area contributed by atoms with Gasteiger partial charge in [0.25, 0.3) is 0 Å². The summed E-state index contributed by atoms with van der Waals surface area (Å²) in [6.45, 7) is 2.72. The van der Waals surface area contributed by atoms with E-state index in [0.29, 0.717) is 19.4 Å². The van der Waals surface area contributed by atoms with Crippen LogP contribution in [0.15, 0.2) is 0 Å². The SMILES string of the molecule is CCCCNC(=O)[C@@H]1CCCC[C@@H]1C(=O)N[C@H]1CCS(=O)(=O)C1. The zero-order valence-corrected chi connectivity index (χ0v) is 14.7. The third kappa shape index (κ3) is 5.19. The second kappa shape index (κ2) is 8.13. The molecule has 0 aromatic heterocycles. The van der Waals surface area contributed by atoms with Gasteiger partial charge in [-0.15, -0.1) is 0 Å². The third-order valence-electron chi connectivity index (χ3n) is 4.85. The summed E-state index contributed by atoms with van der Waals surface area (Å²) in [7, 11) is -3.01. The molecule has 0 aromatic carbocycles. The van der Waals surface area contributed by atoms with Crippen molar-refractivity contribution in [3.05, 3.63) is 0 Å². The summed E-state index contributed by atoms with van der Waals surface area (Å²) >= 11 is 0. The van der Waals surface area contributed by atoms with E-state index in [1.54, 1.807) is 0 Å². The molecule has 0 radical (unpaired) electrons. The van der Waals surface area contributed by atoms with E-state index in [1.165, 1.54) is 0 Å². The topological polar surface area (TPSA) is 92.3 Å². The van der Waals surface area contributed by atoms with E-state index in [-0.39, 0.29) is 41.2 Å². The lowest BCUT2D eigenvalue weighted by Gasteiger charge is -2.30. The number of hydrogen-bond acceptors (Lipinski definition) is 4. The molecule has 132 valence electrons. The van der Waals surface area contributed by atoms with E-state index in [2.05, 4.69) is 17.6 Å². The first-order chi connectivity index (χ1) is 10.9. The lowest BCUT2D eigenvalue weighted by molar-refractivity contribution is -0.136. The van der Waals surface area contributed by atoms with Gasteiger partial charge in [-0.25, -0.2) is 8.42 Å². The molecule has 1 aliphatic carbocycles. The Bertz CT molecular complexity index is 532. The molecular weight excluding hydrogens is 316 g/mol. The summed E-state index contributed by atoms with van der Waals surface area (Å²) in [4.78, 5) is 24.9. The number of carbonyl (C=O) groups excluding carboxylic acids is 2. The van der Waals surface area contributed by atoms with E-state index in [9.17, 15) is 18.0 Å². The fraction of sp³-hybridized carbons (Fsp3) is 0.875. The first-order valence-electron chi connectivity index (χ1n) is 8.71. The first-order valence-corrected chi connectivity index (χ1v) is 10.5. The van der Waals surface area contributed by atoms with Gasteiger partial charge < -0.3 is 10.6 Å². The molecule has 0 spiro atoms. The van der Waals surface area contributed by atoms with Crippen molar-refractivity contribution in [2.75, 3.05) is 18.1 Å². The standard InChI is InChI=1S/C16H28N2O4S/c1-2-3-9-17-15(19)13-6-4-5-7-14(13)16(20)18-12-8-10-23(21,22)11-12/h12-14H,2-11H2,1H3,(H,17,19)(H,18,20)/t12-,13+,14-/m0/s1. The Kier molecular flexibility index (Phi) is 6.44. The second-order valence-electron chi connectivity index (χ2n) is 6.75. The molecule has 1 heterocycles. The van der Waals surface area contributed by atoms with Crippen LogP contribution in [-0.4, -0.2) is 44.3 Å². The normalized spacial score (nSPS) is 29.9. The molecule has 2 fully saturated rings. The number of nitrogens with one attached hydrogen (secondary N) is 2. The maximum absolute atomic E-state index is 12.5. The Balaban J connectivity index is 1.92. The summed E-state index contributed by atoms with van der Waals surface area (Å²) in [6, 6.07) is -0.293. The minimum Gasteiger partial charge on any atom is -0.356 e. The van der Waals surface area contributed by atoms with Gasteiger partial charge in [0.1, 0.15) is 0 Å². The lowest BCUT2D eigenvalue weighted by Crippen LogP contribution is -2.46. The average molecular weight is 344 g/mol. The van der Waals surface area contributed by atoms with Gasteiger partial charge in [-0.05, 0) is 25.7 Å². The fourth-order valence-electron chi connectivity index (χ4n) is 3.50. The molecule has 2 rings (SSSR count). The largest absolute Gasteiger partial charge is 0.356 e. The maximum Gasteiger partial charge on any atom is 0.224 e. The molecule has 7 heteroatoms. The van der Waals surface area contributed by atoms with Gasteiger partial charge in [0.2, 0.25) is 11.8 Å². The van der Waals surface area contributed by atoms with Crippen LogP contribution in [-0.2, 0) is 19.4 Å². The van der Waals surface area contributed by atoms with Crippen molar-refractivity contribution in [3.8, 4) is 0 Å². The van der Waals surface area contributed by atoms with Gasteiger partial charge in [0.15, 0.2) is 9.84 Å². The van der Waals surface area contributed by atoms with E-state index >= 15 is 0 Å². The molecule has 0 unspecified atom stereocenters. The predicted octanol–water partition coefficient (Wildman–Crippen LogP) is 1.01. The van der Waals surface area contributed by atoms with Gasteiger partial charge in [-0.3, -0.25) is 9.59 Å². The highest BCUT2D eigenvalue weighted by molar-refractivity contribution is 7.91. The van der Waals surface area contributed by atoms with Crippen LogP contribution in [0, 0.1) is 11.8 Å². The van der Waals surface area contributed by atoms with Crippen molar-refractivity contribution in [1.82, 2.24) is 10.6 Å². The van der Waals surface area contributed by atoms with Crippen molar-refractivity contribution in [3.63, 3.8) is 0 Å². The molecule has 1 saturated heterocycles. The van der Waals surface area contributed by atoms with Gasteiger partial charge >= 0.3 is 0 Å². The lowest BCUT2D eigenvalue weighted by atomic mass is 9.78. The number of carbonyl (C=O) groups is 2. The molecule has 3 atom stereocenters. The minimum absolute atomic E-state index is 0.0266. The molecule has 23 heavy (non-hydrogen) atoms. The first kappa shape index (κ1) is 18.2. The number of hydrogen-bond donors (Lipinski definition) is 2. The van der Waals surface area contributed by atoms with Crippen LogP contribution in [0.25, 0.3) is 0 Å². The summed E-state index contributed by atoms with van der Waals surface area (Å²) in [5.41, 5.74) is 0. The van der Waals surface area contributed by atoms with E-state index in [0.717, 1.165) is 32.1 Å². The van der Waals surface area contributed by atoms with E-state index in [1.807, 2.05) is 0 Å². The van der Waals surface area contributed by atoms with Crippen molar-refractivity contribution >= 4 is 21.7 Å². The molecule has 0 aromatic rings. The van der Waals surface area contributed by atoms with Crippen molar-refractivity contribution in [1.29, 1.82) is 0 Å². The highest BCUT2D eigenvalue weighted by Gasteiger charge is 2.37. The van der Waals surface area contributed by atoms with Gasteiger partial charge in [-0.2, -0.15) is 0 Å². The van der Waals surface area contributed by atoms with E-state index < -0.39 is 9.84 Å². The van der Waals surface area contributed by atoms with Gasteiger partial charge in [-0.1, -0.05) is 26.2 Å². The zero-order chi connectivity index (χ0) is 16.9. The van der Waals surface area contributed by atoms with Crippen LogP contribution in [0.4, 0.5) is 0 Å². The minimum atomic E-state index is -3.01. The van der Waals surface area contributed by atoms with E-state index in [4.69, 9.17) is 0 Å². The van der Waals surface area contributed by atoms with Crippen LogP contribution < -0.4 is 10.6 Å². The molecular formula is C16H28N2O4S. The molecule has 2 aliphatic rings. The molecule has 2 N–H and O–H groups in total. The Morgan fingerprint density at radius 2 is 1.70 bits per heavy atom. The van der Waals surface area contributed by atoms with Crippen LogP contribution in [0.3, 0.4) is 0 Å². The quantitative estimate of drug-likeness (QED) is 0.704. The molecule has 2 amide bonds. The summed E-state index contributed by atoms with van der Waals surface area (Å²) in [5, 5.41) is 5.79. The second-order valence-corrected chi connectivity index (χ2v) is 8.98. The number of unbranched alkanes of at least 4 members (excludes halogenated alkanes) is 1. The number of amides is 2. The van der Waals surface area contributed by atoms with Gasteiger partial charge in [0, 0.05) is 24.4 Å². The third-order valence-corrected chi connectivity index (χ3v) is 6.62. The summed E-state index contributed by atoms with van der Waals surface area (Å²) < 4.78 is 23.0. The monoisotopic (exact) mass is 344 g/mol. The highest BCUT2D eigenvalue weighted by Crippen LogP contribution is 2.31. The Morgan fingerprint density at radius 3 is 2.26 bits per heavy atom. The highest BCUT2D eigenvalue weighted by atomic mass is 32.2. The van der Waals surface area contributed by atoms with Gasteiger partial charge in [0.05, 0.1) is 11.5 Å². The van der Waals surface area contributed by atoms with Crippen LogP contribution in [0.2, 0.25) is 0 Å². The average Bonchev–Trinajstić information content (AvgIpc) is 2.86. The smallest absolute Gasteiger partial charge is 0.224 e. The van der Waals surface area contributed by atoms with Crippen LogP contribution in [0.5, 0.6) is 0 Å². The predicted molar refractivity (Wildman–Crippen MR) is 88.6 cm³/mol. The molecule has 1 aliphatic heterocycles. The zero-order valence-electron chi connectivity index (χ0n) is 13.8. The maximum atomic E-state index is 12.5. The molecule has 0 bridgehead atoms. The molecule has 1 saturated carbocycles. The van der Waals surface area contributed by atoms with Crippen LogP contribution >= 0.6 is 0 Å². The van der Waals surface area contributed by atoms with Crippen molar-refractivity contribution < 1.29 is 18.0 Å². The Hall–Kier alpha value is -1.11. The van der Waals surface area contributed by atoms with Crippen molar-refractivity contribution in [2.24, 2.45) is 11.8 Å². The summed E-state index contributed by atoms with van der Waals surface area (Å²) in [6.07, 6.45) is 5.79. The Morgan fingerprint density at radius 1 is 1.04 bits per heavy atom. The fourth-order valence-corrected chi connectivity index (χ4v) is 5.17. The molecule has 6 nitrogen and oxygen atoms in total. The number of sulfone groups is 1. The number of rotatable bonds is 6.